The number of hydrogen-bond donors (Lipinski definition) is 0. The Morgan fingerprint density at radius 3 is 2.38 bits per heavy atom. The largest absolute Gasteiger partial charge is 0.456 e. The lowest BCUT2D eigenvalue weighted by atomic mass is 9.99. The maximum atomic E-state index is 6.05. The molecule has 0 unspecified atom stereocenters. The van der Waals surface area contributed by atoms with Crippen LogP contribution in [0, 0.1) is 0 Å². The minimum Gasteiger partial charge on any atom is -0.456 e. The summed E-state index contributed by atoms with van der Waals surface area (Å²) in [6.45, 7) is 0. The van der Waals surface area contributed by atoms with Crippen LogP contribution in [0.4, 0.5) is 0 Å². The molecule has 1 heterocycles. The van der Waals surface area contributed by atoms with Crippen molar-refractivity contribution in [2.24, 2.45) is 0 Å². The monoisotopic (exact) mass is 306 g/mol. The normalized spacial score (nSPS) is 12.8. The molecule has 0 aliphatic heterocycles. The Labute approximate surface area is 139 Å². The summed E-state index contributed by atoms with van der Waals surface area (Å²) in [7, 11) is 0. The first kappa shape index (κ1) is 12.4. The van der Waals surface area contributed by atoms with Gasteiger partial charge in [0.25, 0.3) is 0 Å². The molecule has 0 radical (unpaired) electrons. The van der Waals surface area contributed by atoms with Gasteiger partial charge in [-0.25, -0.2) is 0 Å². The van der Waals surface area contributed by atoms with Gasteiger partial charge in [-0.3, -0.25) is 0 Å². The van der Waals surface area contributed by atoms with Gasteiger partial charge in [0.15, 0.2) is 0 Å². The Kier molecular flexibility index (Phi) is 2.20. The Bertz CT molecular complexity index is 1270. The molecule has 6 rings (SSSR count). The summed E-state index contributed by atoms with van der Waals surface area (Å²) in [6, 6.07) is 26.0. The number of rotatable bonds is 0. The van der Waals surface area contributed by atoms with Crippen LogP contribution in [-0.4, -0.2) is 0 Å². The van der Waals surface area contributed by atoms with Crippen molar-refractivity contribution in [1.29, 1.82) is 0 Å². The average Bonchev–Trinajstić information content (AvgIpc) is 3.17. The van der Waals surface area contributed by atoms with Crippen LogP contribution in [0.25, 0.3) is 43.8 Å². The number of furan rings is 1. The maximum Gasteiger partial charge on any atom is 0.135 e. The second-order valence-corrected chi connectivity index (χ2v) is 6.60. The van der Waals surface area contributed by atoms with E-state index >= 15 is 0 Å². The zero-order chi connectivity index (χ0) is 15.7. The highest BCUT2D eigenvalue weighted by Crippen LogP contribution is 2.44. The number of para-hydroxylation sites is 1. The van der Waals surface area contributed by atoms with Crippen molar-refractivity contribution in [1.82, 2.24) is 0 Å². The molecule has 1 aliphatic carbocycles. The third-order valence-electron chi connectivity index (χ3n) is 5.28. The molecular formula is C23H14O. The van der Waals surface area contributed by atoms with Gasteiger partial charge >= 0.3 is 0 Å². The van der Waals surface area contributed by atoms with Gasteiger partial charge in [-0.1, -0.05) is 54.6 Å². The van der Waals surface area contributed by atoms with Crippen molar-refractivity contribution in [3.05, 3.63) is 83.9 Å². The molecule has 1 nitrogen and oxygen atoms in total. The molecule has 0 bridgehead atoms. The molecule has 1 aliphatic rings. The van der Waals surface area contributed by atoms with Crippen LogP contribution in [-0.2, 0) is 6.42 Å². The van der Waals surface area contributed by atoms with Crippen LogP contribution in [0.3, 0.4) is 0 Å². The molecule has 4 aromatic carbocycles. The molecule has 0 N–H and O–H groups in total. The summed E-state index contributed by atoms with van der Waals surface area (Å²) in [5, 5.41) is 5.13. The van der Waals surface area contributed by atoms with Gasteiger partial charge in [0, 0.05) is 10.8 Å². The van der Waals surface area contributed by atoms with E-state index in [2.05, 4.69) is 66.7 Å². The van der Waals surface area contributed by atoms with Gasteiger partial charge in [-0.2, -0.15) is 0 Å². The van der Waals surface area contributed by atoms with Crippen LogP contribution in [0.5, 0.6) is 0 Å². The summed E-state index contributed by atoms with van der Waals surface area (Å²) >= 11 is 0. The topological polar surface area (TPSA) is 13.1 Å². The van der Waals surface area contributed by atoms with Gasteiger partial charge < -0.3 is 4.42 Å². The van der Waals surface area contributed by atoms with Crippen molar-refractivity contribution in [3.63, 3.8) is 0 Å². The van der Waals surface area contributed by atoms with Gasteiger partial charge in [0.1, 0.15) is 11.2 Å². The van der Waals surface area contributed by atoms with E-state index < -0.39 is 0 Å². The highest BCUT2D eigenvalue weighted by molar-refractivity contribution is 6.10. The Morgan fingerprint density at radius 2 is 1.46 bits per heavy atom. The highest BCUT2D eigenvalue weighted by Gasteiger charge is 2.23. The molecule has 5 aromatic rings. The molecule has 0 fully saturated rings. The fourth-order valence-electron chi connectivity index (χ4n) is 4.20. The zero-order valence-electron chi connectivity index (χ0n) is 13.0. The summed E-state index contributed by atoms with van der Waals surface area (Å²) < 4.78 is 6.05. The second-order valence-electron chi connectivity index (χ2n) is 6.60. The van der Waals surface area contributed by atoms with Crippen LogP contribution in [0.1, 0.15) is 11.1 Å². The van der Waals surface area contributed by atoms with Crippen LogP contribution in [0.2, 0.25) is 0 Å². The number of benzene rings is 4. The van der Waals surface area contributed by atoms with E-state index in [-0.39, 0.29) is 0 Å². The number of hydrogen-bond acceptors (Lipinski definition) is 1. The SMILES string of the molecule is c1ccc2cc3c(cc2c1)Cc1c-3ccc2oc3ccccc3c12. The van der Waals surface area contributed by atoms with Gasteiger partial charge in [-0.15, -0.1) is 0 Å². The average molecular weight is 306 g/mol. The van der Waals surface area contributed by atoms with Crippen molar-refractivity contribution in [3.8, 4) is 11.1 Å². The first-order valence-corrected chi connectivity index (χ1v) is 8.34. The molecule has 24 heavy (non-hydrogen) atoms. The van der Waals surface area contributed by atoms with E-state index in [1.54, 1.807) is 0 Å². The first-order chi connectivity index (χ1) is 11.9. The lowest BCUT2D eigenvalue weighted by molar-refractivity contribution is 0.669. The van der Waals surface area contributed by atoms with Crippen molar-refractivity contribution >= 4 is 32.7 Å². The number of fused-ring (bicyclic) bond motifs is 8. The third-order valence-corrected chi connectivity index (χ3v) is 5.28. The summed E-state index contributed by atoms with van der Waals surface area (Å²) in [4.78, 5) is 0. The van der Waals surface area contributed by atoms with E-state index in [0.717, 1.165) is 17.6 Å². The van der Waals surface area contributed by atoms with E-state index in [0.29, 0.717) is 0 Å². The summed E-state index contributed by atoms with van der Waals surface area (Å²) in [5.74, 6) is 0. The fraction of sp³-hybridized carbons (Fsp3) is 0.0435. The predicted molar refractivity (Wildman–Crippen MR) is 99.5 cm³/mol. The van der Waals surface area contributed by atoms with Crippen molar-refractivity contribution < 1.29 is 4.42 Å². The first-order valence-electron chi connectivity index (χ1n) is 8.34. The molecule has 0 amide bonds. The Hall–Kier alpha value is -3.06. The fourth-order valence-corrected chi connectivity index (χ4v) is 4.20. The second kappa shape index (κ2) is 4.27. The molecule has 1 aromatic heterocycles. The minimum absolute atomic E-state index is 0.974. The smallest absolute Gasteiger partial charge is 0.135 e. The molecule has 0 atom stereocenters. The van der Waals surface area contributed by atoms with E-state index in [9.17, 15) is 0 Å². The van der Waals surface area contributed by atoms with Crippen LogP contribution < -0.4 is 0 Å². The molecule has 1 heteroatoms. The quantitative estimate of drug-likeness (QED) is 0.320. The molecular weight excluding hydrogens is 292 g/mol. The Balaban J connectivity index is 1.73. The lowest BCUT2D eigenvalue weighted by Gasteiger charge is -2.04. The summed E-state index contributed by atoms with van der Waals surface area (Å²) in [5.41, 5.74) is 7.52. The molecule has 0 saturated heterocycles. The lowest BCUT2D eigenvalue weighted by Crippen LogP contribution is -1.82. The van der Waals surface area contributed by atoms with Crippen molar-refractivity contribution in [2.75, 3.05) is 0 Å². The van der Waals surface area contributed by atoms with Gasteiger partial charge in [-0.05, 0) is 57.6 Å². The molecule has 0 spiro atoms. The zero-order valence-corrected chi connectivity index (χ0v) is 13.0. The van der Waals surface area contributed by atoms with Gasteiger partial charge in [0.2, 0.25) is 0 Å². The van der Waals surface area contributed by atoms with Crippen LogP contribution in [0.15, 0.2) is 77.2 Å². The predicted octanol–water partition coefficient (Wildman–Crippen LogP) is 6.31. The van der Waals surface area contributed by atoms with E-state index in [1.807, 2.05) is 6.07 Å². The van der Waals surface area contributed by atoms with E-state index in [1.165, 1.54) is 43.8 Å². The third kappa shape index (κ3) is 1.49. The molecule has 112 valence electrons. The standard InChI is InChI=1S/C23H14O/c1-2-6-15-12-19-16(11-14(15)5-1)13-20-17(19)9-10-22-23(20)18-7-3-4-8-21(18)24-22/h1-12H,13H2. The molecule has 0 saturated carbocycles. The van der Waals surface area contributed by atoms with Crippen molar-refractivity contribution in [2.45, 2.75) is 6.42 Å². The minimum atomic E-state index is 0.974. The highest BCUT2D eigenvalue weighted by atomic mass is 16.3. The van der Waals surface area contributed by atoms with Gasteiger partial charge in [0.05, 0.1) is 0 Å². The maximum absolute atomic E-state index is 6.05. The Morgan fingerprint density at radius 1 is 0.667 bits per heavy atom. The van der Waals surface area contributed by atoms with Crippen LogP contribution >= 0.6 is 0 Å². The summed E-state index contributed by atoms with van der Waals surface area (Å²) in [6.07, 6.45) is 0.983. The van der Waals surface area contributed by atoms with E-state index in [4.69, 9.17) is 4.42 Å².